The third kappa shape index (κ3) is 5.00. The van der Waals surface area contributed by atoms with E-state index in [0.717, 1.165) is 31.0 Å². The molecule has 0 aliphatic carbocycles. The standard InChI is InChI=1S/C24H30N4O2/c1-19-9-7-15-27(18-19)14-6-5-13-25-24(29)22-17-21(23-12-8-16-30-23)26-28(22)20-10-3-2-4-11-20/h2-4,8,10-12,16-17,19H,5-7,9,13-15,18H2,1H3,(H,25,29). The van der Waals surface area contributed by atoms with Crippen LogP contribution in [0.1, 0.15) is 43.1 Å². The number of aromatic nitrogens is 2. The third-order valence-corrected chi connectivity index (χ3v) is 5.64. The number of unbranched alkanes of at least 4 members (excludes halogenated alkanes) is 1. The number of para-hydroxylation sites is 1. The zero-order chi connectivity index (χ0) is 20.8. The first kappa shape index (κ1) is 20.4. The number of piperidine rings is 1. The molecule has 1 aliphatic heterocycles. The maximum Gasteiger partial charge on any atom is 0.270 e. The number of amides is 1. The number of rotatable bonds is 8. The summed E-state index contributed by atoms with van der Waals surface area (Å²) in [7, 11) is 0. The van der Waals surface area contributed by atoms with Gasteiger partial charge in [0.05, 0.1) is 12.0 Å². The van der Waals surface area contributed by atoms with E-state index in [1.54, 1.807) is 17.0 Å². The van der Waals surface area contributed by atoms with Gasteiger partial charge in [0.15, 0.2) is 5.76 Å². The van der Waals surface area contributed by atoms with E-state index in [-0.39, 0.29) is 5.91 Å². The van der Waals surface area contributed by atoms with Crippen molar-refractivity contribution in [1.82, 2.24) is 20.0 Å². The molecule has 0 radical (unpaired) electrons. The molecule has 3 aromatic rings. The Morgan fingerprint density at radius 3 is 2.83 bits per heavy atom. The Morgan fingerprint density at radius 1 is 1.20 bits per heavy atom. The number of nitrogens with zero attached hydrogens (tertiary/aromatic N) is 3. The minimum atomic E-state index is -0.115. The van der Waals surface area contributed by atoms with Crippen LogP contribution in [-0.4, -0.2) is 46.8 Å². The molecule has 1 amide bonds. The minimum Gasteiger partial charge on any atom is -0.463 e. The van der Waals surface area contributed by atoms with Crippen molar-refractivity contribution in [2.24, 2.45) is 5.92 Å². The number of hydrogen-bond acceptors (Lipinski definition) is 4. The molecule has 1 atom stereocenters. The first-order valence-corrected chi connectivity index (χ1v) is 10.9. The van der Waals surface area contributed by atoms with E-state index in [1.807, 2.05) is 42.5 Å². The van der Waals surface area contributed by atoms with Crippen LogP contribution in [0.2, 0.25) is 0 Å². The van der Waals surface area contributed by atoms with Gasteiger partial charge in [-0.2, -0.15) is 5.10 Å². The Bertz CT molecular complexity index is 934. The van der Waals surface area contributed by atoms with Gasteiger partial charge in [-0.05, 0) is 69.0 Å². The highest BCUT2D eigenvalue weighted by Gasteiger charge is 2.19. The molecule has 0 bridgehead atoms. The fraction of sp³-hybridized carbons (Fsp3) is 0.417. The van der Waals surface area contributed by atoms with Crippen molar-refractivity contribution >= 4 is 5.91 Å². The van der Waals surface area contributed by atoms with Crippen LogP contribution in [0, 0.1) is 5.92 Å². The summed E-state index contributed by atoms with van der Waals surface area (Å²) in [5.41, 5.74) is 2.00. The topological polar surface area (TPSA) is 63.3 Å². The molecular weight excluding hydrogens is 376 g/mol. The average molecular weight is 407 g/mol. The average Bonchev–Trinajstić information content (AvgIpc) is 3.44. The highest BCUT2D eigenvalue weighted by atomic mass is 16.3. The number of benzene rings is 1. The number of furan rings is 1. The summed E-state index contributed by atoms with van der Waals surface area (Å²) in [6.45, 7) is 6.53. The van der Waals surface area contributed by atoms with Gasteiger partial charge in [0.1, 0.15) is 11.4 Å². The van der Waals surface area contributed by atoms with Gasteiger partial charge in [-0.15, -0.1) is 0 Å². The van der Waals surface area contributed by atoms with Crippen LogP contribution in [0.15, 0.2) is 59.2 Å². The van der Waals surface area contributed by atoms with Gasteiger partial charge in [-0.25, -0.2) is 4.68 Å². The first-order valence-electron chi connectivity index (χ1n) is 10.9. The lowest BCUT2D eigenvalue weighted by atomic mass is 10.0. The predicted octanol–water partition coefficient (Wildman–Crippen LogP) is 4.37. The van der Waals surface area contributed by atoms with Crippen molar-refractivity contribution in [2.45, 2.75) is 32.6 Å². The predicted molar refractivity (Wildman–Crippen MR) is 118 cm³/mol. The molecule has 2 aromatic heterocycles. The summed E-state index contributed by atoms with van der Waals surface area (Å²) >= 11 is 0. The van der Waals surface area contributed by atoms with Crippen LogP contribution < -0.4 is 5.32 Å². The molecule has 6 nitrogen and oxygen atoms in total. The molecule has 1 fully saturated rings. The lowest BCUT2D eigenvalue weighted by Gasteiger charge is -2.30. The number of likely N-dealkylation sites (tertiary alicyclic amines) is 1. The molecule has 1 saturated heterocycles. The molecule has 3 heterocycles. The number of hydrogen-bond donors (Lipinski definition) is 1. The fourth-order valence-corrected chi connectivity index (χ4v) is 4.10. The van der Waals surface area contributed by atoms with Crippen molar-refractivity contribution in [3.8, 4) is 17.1 Å². The van der Waals surface area contributed by atoms with Gasteiger partial charge >= 0.3 is 0 Å². The number of nitrogens with one attached hydrogen (secondary N) is 1. The van der Waals surface area contributed by atoms with Gasteiger partial charge in [0.2, 0.25) is 0 Å². The number of carbonyl (C=O) groups excluding carboxylic acids is 1. The molecule has 0 spiro atoms. The zero-order valence-electron chi connectivity index (χ0n) is 17.6. The fourth-order valence-electron chi connectivity index (χ4n) is 4.10. The largest absolute Gasteiger partial charge is 0.463 e. The second kappa shape index (κ2) is 9.76. The SMILES string of the molecule is CC1CCCN(CCCCNC(=O)c2cc(-c3ccco3)nn2-c2ccccc2)C1. The van der Waals surface area contributed by atoms with E-state index in [4.69, 9.17) is 4.42 Å². The molecule has 6 heteroatoms. The Labute approximate surface area is 177 Å². The molecule has 1 N–H and O–H groups in total. The van der Waals surface area contributed by atoms with Crippen molar-refractivity contribution < 1.29 is 9.21 Å². The van der Waals surface area contributed by atoms with Crippen molar-refractivity contribution in [2.75, 3.05) is 26.2 Å². The monoisotopic (exact) mass is 406 g/mol. The van der Waals surface area contributed by atoms with Crippen LogP contribution in [0.4, 0.5) is 0 Å². The van der Waals surface area contributed by atoms with E-state index in [0.29, 0.717) is 23.7 Å². The maximum atomic E-state index is 12.9. The highest BCUT2D eigenvalue weighted by Crippen LogP contribution is 2.22. The van der Waals surface area contributed by atoms with Crippen LogP contribution in [0.5, 0.6) is 0 Å². The van der Waals surface area contributed by atoms with E-state index < -0.39 is 0 Å². The molecule has 158 valence electrons. The van der Waals surface area contributed by atoms with E-state index in [1.165, 1.54) is 25.9 Å². The maximum absolute atomic E-state index is 12.9. The van der Waals surface area contributed by atoms with E-state index in [2.05, 4.69) is 22.2 Å². The van der Waals surface area contributed by atoms with Crippen molar-refractivity contribution in [3.63, 3.8) is 0 Å². The zero-order valence-corrected chi connectivity index (χ0v) is 17.6. The molecule has 4 rings (SSSR count). The highest BCUT2D eigenvalue weighted by molar-refractivity contribution is 5.94. The Hall–Kier alpha value is -2.86. The van der Waals surface area contributed by atoms with Gasteiger partial charge in [-0.3, -0.25) is 4.79 Å². The normalized spacial score (nSPS) is 17.2. The Balaban J connectivity index is 1.37. The minimum absolute atomic E-state index is 0.115. The summed E-state index contributed by atoms with van der Waals surface area (Å²) in [6.07, 6.45) is 6.34. The summed E-state index contributed by atoms with van der Waals surface area (Å²) < 4.78 is 7.15. The smallest absolute Gasteiger partial charge is 0.270 e. The lowest BCUT2D eigenvalue weighted by Crippen LogP contribution is -2.35. The van der Waals surface area contributed by atoms with Crippen LogP contribution in [0.25, 0.3) is 17.1 Å². The van der Waals surface area contributed by atoms with Gasteiger partial charge < -0.3 is 14.6 Å². The van der Waals surface area contributed by atoms with E-state index >= 15 is 0 Å². The second-order valence-electron chi connectivity index (χ2n) is 8.15. The Morgan fingerprint density at radius 2 is 2.07 bits per heavy atom. The third-order valence-electron chi connectivity index (χ3n) is 5.64. The molecule has 0 saturated carbocycles. The second-order valence-corrected chi connectivity index (χ2v) is 8.15. The Kier molecular flexibility index (Phi) is 6.64. The van der Waals surface area contributed by atoms with Gasteiger partial charge in [0.25, 0.3) is 5.91 Å². The molecule has 30 heavy (non-hydrogen) atoms. The number of carbonyl (C=O) groups is 1. The molecule has 1 aromatic carbocycles. The van der Waals surface area contributed by atoms with Gasteiger partial charge in [0, 0.05) is 19.2 Å². The summed E-state index contributed by atoms with van der Waals surface area (Å²) in [5.74, 6) is 1.34. The lowest BCUT2D eigenvalue weighted by molar-refractivity contribution is 0.0944. The van der Waals surface area contributed by atoms with Crippen molar-refractivity contribution in [1.29, 1.82) is 0 Å². The van der Waals surface area contributed by atoms with Gasteiger partial charge in [-0.1, -0.05) is 25.1 Å². The van der Waals surface area contributed by atoms with Crippen LogP contribution in [0.3, 0.4) is 0 Å². The summed E-state index contributed by atoms with van der Waals surface area (Å²) in [5, 5.41) is 7.68. The molecule has 1 aliphatic rings. The van der Waals surface area contributed by atoms with Crippen molar-refractivity contribution in [3.05, 3.63) is 60.5 Å². The summed E-state index contributed by atoms with van der Waals surface area (Å²) in [6, 6.07) is 15.2. The van der Waals surface area contributed by atoms with E-state index in [9.17, 15) is 4.79 Å². The molecular formula is C24H30N4O2. The first-order chi connectivity index (χ1) is 14.7. The summed E-state index contributed by atoms with van der Waals surface area (Å²) in [4.78, 5) is 15.5. The molecule has 1 unspecified atom stereocenters. The van der Waals surface area contributed by atoms with Crippen LogP contribution in [-0.2, 0) is 0 Å². The van der Waals surface area contributed by atoms with Crippen LogP contribution >= 0.6 is 0 Å². The quantitative estimate of drug-likeness (QED) is 0.564.